The number of aromatic nitrogens is 4. The summed E-state index contributed by atoms with van der Waals surface area (Å²) < 4.78 is 36.5. The number of rotatable bonds is 11. The van der Waals surface area contributed by atoms with Crippen molar-refractivity contribution in [1.29, 1.82) is 0 Å². The number of carbonyl (C=O) groups excluding carboxylic acids is 3. The van der Waals surface area contributed by atoms with E-state index in [0.717, 1.165) is 31.5 Å². The molecule has 2 fully saturated rings. The Balaban J connectivity index is 0.000000200. The topological polar surface area (TPSA) is 141 Å². The number of hydrogen-bond donors (Lipinski definition) is 2. The number of alkyl halides is 3. The molecule has 0 bridgehead atoms. The van der Waals surface area contributed by atoms with Gasteiger partial charge in [-0.1, -0.05) is 61.4 Å². The highest BCUT2D eigenvalue weighted by molar-refractivity contribution is 5.99. The molecule has 2 aromatic heterocycles. The predicted molar refractivity (Wildman–Crippen MR) is 182 cm³/mol. The van der Waals surface area contributed by atoms with E-state index in [-0.39, 0.29) is 28.7 Å². The molecule has 0 radical (unpaired) electrons. The average Bonchev–Trinajstić information content (AvgIpc) is 3.07. The summed E-state index contributed by atoms with van der Waals surface area (Å²) in [5.41, 5.74) is 11.3. The Morgan fingerprint density at radius 3 is 1.44 bits per heavy atom. The van der Waals surface area contributed by atoms with E-state index in [1.807, 2.05) is 12.1 Å². The van der Waals surface area contributed by atoms with E-state index in [1.165, 1.54) is 53.9 Å². The van der Waals surface area contributed by atoms with E-state index in [9.17, 15) is 27.6 Å². The van der Waals surface area contributed by atoms with E-state index < -0.39 is 24.4 Å². The van der Waals surface area contributed by atoms with Crippen molar-refractivity contribution in [2.24, 2.45) is 5.73 Å². The Hall–Kier alpha value is -4.84. The summed E-state index contributed by atoms with van der Waals surface area (Å²) in [6.07, 6.45) is 9.03. The lowest BCUT2D eigenvalue weighted by molar-refractivity contribution is -0.173. The summed E-state index contributed by atoms with van der Waals surface area (Å²) in [6.45, 7) is 3.48. The van der Waals surface area contributed by atoms with E-state index >= 15 is 0 Å². The van der Waals surface area contributed by atoms with Gasteiger partial charge >= 0.3 is 12.1 Å². The summed E-state index contributed by atoms with van der Waals surface area (Å²) >= 11 is 0. The van der Waals surface area contributed by atoms with Gasteiger partial charge in [0.1, 0.15) is 11.6 Å². The van der Waals surface area contributed by atoms with Crippen LogP contribution in [0.5, 0.6) is 0 Å². The number of hydrogen-bond acceptors (Lipinski definition) is 8. The van der Waals surface area contributed by atoms with Crippen LogP contribution in [-0.4, -0.2) is 56.7 Å². The number of nitrogens with two attached hydrogens (primary N) is 1. The fourth-order valence-electron chi connectivity index (χ4n) is 6.89. The molecule has 0 atom stereocenters. The van der Waals surface area contributed by atoms with Gasteiger partial charge in [-0.15, -0.1) is 0 Å². The van der Waals surface area contributed by atoms with Crippen molar-refractivity contribution < 1.29 is 27.6 Å². The lowest BCUT2D eigenvalue weighted by Gasteiger charge is -2.43. The average molecular weight is 687 g/mol. The van der Waals surface area contributed by atoms with Crippen LogP contribution in [0.1, 0.15) is 93.1 Å². The van der Waals surface area contributed by atoms with Crippen LogP contribution in [0.2, 0.25) is 0 Å². The first kappa shape index (κ1) is 36.4. The second kappa shape index (κ2) is 15.4. The van der Waals surface area contributed by atoms with E-state index in [0.29, 0.717) is 17.8 Å². The molecule has 1 amide bonds. The normalized spacial score (nSPS) is 15.8. The molecule has 0 unspecified atom stereocenters. The van der Waals surface area contributed by atoms with Gasteiger partial charge in [0.05, 0.1) is 24.2 Å². The molecule has 0 spiro atoms. The minimum Gasteiger partial charge on any atom is -0.341 e. The third-order valence-electron chi connectivity index (χ3n) is 9.95. The number of carbonyl (C=O) groups is 3. The highest BCUT2D eigenvalue weighted by Gasteiger charge is 2.42. The minimum absolute atomic E-state index is 0.00411. The minimum atomic E-state index is -5.02. The maximum Gasteiger partial charge on any atom is 0.471 e. The monoisotopic (exact) mass is 686 g/mol. The van der Waals surface area contributed by atoms with Crippen molar-refractivity contribution in [3.8, 4) is 0 Å². The van der Waals surface area contributed by atoms with Crippen molar-refractivity contribution in [2.75, 3.05) is 13.1 Å². The van der Waals surface area contributed by atoms with Crippen molar-refractivity contribution in [3.63, 3.8) is 0 Å². The lowest BCUT2D eigenvalue weighted by Crippen LogP contribution is -2.39. The predicted octanol–water partition coefficient (Wildman–Crippen LogP) is 5.90. The first-order valence-electron chi connectivity index (χ1n) is 16.7. The molecule has 4 aromatic rings. The summed E-state index contributed by atoms with van der Waals surface area (Å²) in [4.78, 5) is 51.5. The molecule has 2 saturated carbocycles. The van der Waals surface area contributed by atoms with Crippen LogP contribution in [0.3, 0.4) is 0 Å². The molecule has 3 N–H and O–H groups in total. The number of ketones is 2. The van der Waals surface area contributed by atoms with Crippen LogP contribution in [0.25, 0.3) is 0 Å². The second-order valence-corrected chi connectivity index (χ2v) is 13.3. The summed E-state index contributed by atoms with van der Waals surface area (Å²) in [6, 6.07) is 16.8. The SMILES string of the molecule is Cc1ccccc1C1(Cc2ncc(C(=O)CN)cn2)CCC1.Cc1ccccc1C1(Cc2ncc(C(=O)CNC(=O)C(F)(F)F)cn2)CCC1. The van der Waals surface area contributed by atoms with Gasteiger partial charge < -0.3 is 11.1 Å². The van der Waals surface area contributed by atoms with E-state index in [2.05, 4.69) is 70.2 Å². The molecular weight excluding hydrogens is 645 g/mol. The van der Waals surface area contributed by atoms with Gasteiger partial charge in [0.15, 0.2) is 11.6 Å². The Morgan fingerprint density at radius 2 is 1.10 bits per heavy atom. The molecule has 2 aliphatic carbocycles. The largest absolute Gasteiger partial charge is 0.471 e. The Labute approximate surface area is 289 Å². The Kier molecular flexibility index (Phi) is 11.2. The maximum atomic E-state index is 12.2. The van der Waals surface area contributed by atoms with Crippen LogP contribution in [0.4, 0.5) is 13.2 Å². The number of benzene rings is 2. The zero-order valence-electron chi connectivity index (χ0n) is 28.2. The number of halogens is 3. The van der Waals surface area contributed by atoms with Gasteiger partial charge in [-0.2, -0.15) is 13.2 Å². The van der Waals surface area contributed by atoms with Crippen LogP contribution in [-0.2, 0) is 28.5 Å². The summed E-state index contributed by atoms with van der Waals surface area (Å²) in [5, 5.41) is 1.55. The van der Waals surface area contributed by atoms with E-state index in [1.54, 1.807) is 17.7 Å². The molecule has 2 heterocycles. The molecule has 262 valence electrons. The molecule has 50 heavy (non-hydrogen) atoms. The smallest absolute Gasteiger partial charge is 0.341 e. The van der Waals surface area contributed by atoms with Gasteiger partial charge in [-0.05, 0) is 61.8 Å². The molecular formula is C38H41F3N6O3. The molecule has 2 aromatic carbocycles. The molecule has 0 saturated heterocycles. The van der Waals surface area contributed by atoms with Gasteiger partial charge in [-0.3, -0.25) is 14.4 Å². The Morgan fingerprint density at radius 1 is 0.700 bits per heavy atom. The number of nitrogens with zero attached hydrogens (tertiary/aromatic N) is 4. The Bertz CT molecular complexity index is 1820. The lowest BCUT2D eigenvalue weighted by atomic mass is 9.61. The van der Waals surface area contributed by atoms with Crippen molar-refractivity contribution in [1.82, 2.24) is 25.3 Å². The third-order valence-corrected chi connectivity index (χ3v) is 9.95. The maximum absolute atomic E-state index is 12.2. The van der Waals surface area contributed by atoms with Crippen molar-refractivity contribution in [3.05, 3.63) is 118 Å². The van der Waals surface area contributed by atoms with Crippen LogP contribution >= 0.6 is 0 Å². The van der Waals surface area contributed by atoms with Crippen molar-refractivity contribution >= 4 is 17.5 Å². The first-order chi connectivity index (χ1) is 23.9. The number of amides is 1. The van der Waals surface area contributed by atoms with Crippen LogP contribution < -0.4 is 11.1 Å². The highest BCUT2D eigenvalue weighted by atomic mass is 19.4. The van der Waals surface area contributed by atoms with Crippen molar-refractivity contribution in [2.45, 2.75) is 82.2 Å². The second-order valence-electron chi connectivity index (χ2n) is 13.3. The first-order valence-corrected chi connectivity index (χ1v) is 16.7. The fraction of sp³-hybridized carbons (Fsp3) is 0.395. The van der Waals surface area contributed by atoms with Gasteiger partial charge in [0.25, 0.3) is 0 Å². The summed E-state index contributed by atoms with van der Waals surface area (Å²) in [5.74, 6) is -1.57. The van der Waals surface area contributed by atoms with E-state index in [4.69, 9.17) is 5.73 Å². The summed E-state index contributed by atoms with van der Waals surface area (Å²) in [7, 11) is 0. The highest BCUT2D eigenvalue weighted by Crippen LogP contribution is 2.47. The number of aryl methyl sites for hydroxylation is 2. The van der Waals surface area contributed by atoms with Gasteiger partial charge in [0, 0.05) is 48.5 Å². The fourth-order valence-corrected chi connectivity index (χ4v) is 6.89. The van der Waals surface area contributed by atoms with Crippen LogP contribution in [0.15, 0.2) is 73.3 Å². The molecule has 2 aliphatic rings. The third kappa shape index (κ3) is 8.30. The van der Waals surface area contributed by atoms with Gasteiger partial charge in [0.2, 0.25) is 0 Å². The number of nitrogens with one attached hydrogen (secondary N) is 1. The zero-order chi connectivity index (χ0) is 35.9. The standard InChI is InChI=1S/C20H20F3N3O2.C18H21N3O/c1-13-5-2-3-6-15(13)19(7-4-8-19)9-17-24-10-14(11-25-17)16(27)12-26-18(28)20(21,22)23;1-13-5-2-3-6-15(13)18(7-4-8-18)9-17-20-11-14(12-21-17)16(22)10-19/h2-3,5-6,10-11H,4,7-9,12H2,1H3,(H,26,28);2-3,5-6,11-12H,4,7-10,19H2,1H3. The molecule has 0 aliphatic heterocycles. The molecule has 6 rings (SSSR count). The van der Waals surface area contributed by atoms with Crippen LogP contribution in [0, 0.1) is 13.8 Å². The molecule has 9 nitrogen and oxygen atoms in total. The molecule has 12 heteroatoms. The number of Topliss-reactive ketones (excluding diaryl/α,β-unsaturated/α-hetero) is 2. The quantitative estimate of drug-likeness (QED) is 0.186. The zero-order valence-corrected chi connectivity index (χ0v) is 28.2. The van der Waals surface area contributed by atoms with Gasteiger partial charge in [-0.25, -0.2) is 19.9 Å².